The Hall–Kier alpha value is -2.87. The first-order chi connectivity index (χ1) is 11.5. The van der Waals surface area contributed by atoms with Crippen molar-refractivity contribution in [1.29, 1.82) is 0 Å². The van der Waals surface area contributed by atoms with Crippen LogP contribution in [0.3, 0.4) is 0 Å². The number of hydrogen-bond donors (Lipinski definition) is 4. The van der Waals surface area contributed by atoms with Crippen LogP contribution >= 0.6 is 11.8 Å². The number of aromatic nitrogens is 3. The molecule has 0 fully saturated rings. The molecule has 3 aromatic rings. The Morgan fingerprint density at radius 2 is 1.92 bits per heavy atom. The van der Waals surface area contributed by atoms with E-state index in [-0.39, 0.29) is 28.4 Å². The molecule has 0 saturated carbocycles. The highest BCUT2D eigenvalue weighted by atomic mass is 32.2. The molecule has 0 saturated heterocycles. The fourth-order valence-corrected chi connectivity index (χ4v) is 3.14. The molecule has 0 aliphatic heterocycles. The third kappa shape index (κ3) is 2.83. The second-order valence-electron chi connectivity index (χ2n) is 4.99. The number of para-hydroxylation sites is 1. The lowest BCUT2D eigenvalue weighted by molar-refractivity contribution is 0.398. The summed E-state index contributed by atoms with van der Waals surface area (Å²) in [6.45, 7) is 1.74. The van der Waals surface area contributed by atoms with E-state index in [4.69, 9.17) is 0 Å². The number of aromatic amines is 1. The Balaban J connectivity index is 1.99. The Morgan fingerprint density at radius 1 is 1.21 bits per heavy atom. The van der Waals surface area contributed by atoms with Crippen LogP contribution in [0.5, 0.6) is 17.6 Å². The van der Waals surface area contributed by atoms with E-state index >= 15 is 0 Å². The molecule has 2 heterocycles. The van der Waals surface area contributed by atoms with Gasteiger partial charge in [-0.15, -0.1) is 0 Å². The van der Waals surface area contributed by atoms with Crippen molar-refractivity contribution in [3.05, 3.63) is 52.3 Å². The molecule has 0 bridgehead atoms. The molecule has 8 heteroatoms. The zero-order valence-corrected chi connectivity index (χ0v) is 13.5. The van der Waals surface area contributed by atoms with Gasteiger partial charge in [-0.3, -0.25) is 9.36 Å². The summed E-state index contributed by atoms with van der Waals surface area (Å²) in [6.07, 6.45) is 0.357. The summed E-state index contributed by atoms with van der Waals surface area (Å²) in [5.41, 5.74) is 0.358. The van der Waals surface area contributed by atoms with Crippen molar-refractivity contribution in [2.45, 2.75) is 23.4 Å². The van der Waals surface area contributed by atoms with Crippen LogP contribution in [0.25, 0.3) is 5.69 Å². The van der Waals surface area contributed by atoms with Gasteiger partial charge in [-0.05, 0) is 30.3 Å². The van der Waals surface area contributed by atoms with Gasteiger partial charge in [0.05, 0.1) is 16.1 Å². The molecule has 1 aromatic carbocycles. The summed E-state index contributed by atoms with van der Waals surface area (Å²) >= 11 is 0.934. The van der Waals surface area contributed by atoms with E-state index in [9.17, 15) is 20.1 Å². The van der Waals surface area contributed by atoms with Crippen LogP contribution in [0, 0.1) is 0 Å². The first kappa shape index (κ1) is 16.0. The Bertz CT molecular complexity index is 934. The third-order valence-electron chi connectivity index (χ3n) is 3.47. The summed E-state index contributed by atoms with van der Waals surface area (Å²) in [6, 6.07) is 10.2. The van der Waals surface area contributed by atoms with E-state index in [1.165, 1.54) is 10.6 Å². The van der Waals surface area contributed by atoms with Gasteiger partial charge in [0.2, 0.25) is 11.8 Å². The standard InChI is InChI=1S/C16H15N3O4S/c1-2-10-13(21)17-16(18-14(10)22)24-11-8-12(20)19(15(11)23)9-6-4-3-5-7-9/h3-8,20,23H,2H2,1H3,(H2,17,18,21,22). The molecule has 3 rings (SSSR count). The maximum Gasteiger partial charge on any atom is 0.258 e. The predicted octanol–water partition coefficient (Wildman–Crippen LogP) is 2.39. The van der Waals surface area contributed by atoms with Crippen LogP contribution in [0.2, 0.25) is 0 Å². The van der Waals surface area contributed by atoms with Crippen LogP contribution in [0.1, 0.15) is 12.5 Å². The minimum atomic E-state index is -0.432. The molecular formula is C16H15N3O4S. The number of nitrogens with zero attached hydrogens (tertiary/aromatic N) is 2. The maximum absolute atomic E-state index is 11.9. The van der Waals surface area contributed by atoms with Gasteiger partial charge >= 0.3 is 0 Å². The minimum Gasteiger partial charge on any atom is -0.494 e. The fraction of sp³-hybridized carbons (Fsp3) is 0.125. The maximum atomic E-state index is 11.9. The average molecular weight is 345 g/mol. The monoisotopic (exact) mass is 345 g/mol. The number of hydrogen-bond acceptors (Lipinski definition) is 6. The van der Waals surface area contributed by atoms with Gasteiger partial charge in [0.25, 0.3) is 5.56 Å². The van der Waals surface area contributed by atoms with Gasteiger partial charge in [-0.2, -0.15) is 4.98 Å². The summed E-state index contributed by atoms with van der Waals surface area (Å²) in [4.78, 5) is 18.6. The quantitative estimate of drug-likeness (QED) is 0.540. The minimum absolute atomic E-state index is 0.121. The second-order valence-corrected chi connectivity index (χ2v) is 6.02. The molecule has 0 spiro atoms. The normalized spacial score (nSPS) is 10.9. The number of rotatable bonds is 4. The van der Waals surface area contributed by atoms with Crippen LogP contribution in [0.4, 0.5) is 0 Å². The SMILES string of the molecule is CCc1c(O)nc(Sc2cc(O)n(-c3ccccc3)c2O)[nH]c1=O. The molecule has 0 aliphatic carbocycles. The Morgan fingerprint density at radius 3 is 2.54 bits per heavy atom. The van der Waals surface area contributed by atoms with Crippen molar-refractivity contribution in [2.75, 3.05) is 0 Å². The van der Waals surface area contributed by atoms with Gasteiger partial charge < -0.3 is 20.3 Å². The van der Waals surface area contributed by atoms with Crippen LogP contribution in [-0.2, 0) is 6.42 Å². The topological polar surface area (TPSA) is 111 Å². The smallest absolute Gasteiger partial charge is 0.258 e. The Labute approximate surface area is 141 Å². The van der Waals surface area contributed by atoms with Crippen LogP contribution in [-0.4, -0.2) is 29.9 Å². The van der Waals surface area contributed by atoms with Crippen molar-refractivity contribution in [2.24, 2.45) is 0 Å². The average Bonchev–Trinajstić information content (AvgIpc) is 2.82. The zero-order chi connectivity index (χ0) is 17.3. The number of aromatic hydroxyl groups is 3. The van der Waals surface area contributed by atoms with Gasteiger partial charge in [-0.25, -0.2) is 0 Å². The van der Waals surface area contributed by atoms with E-state index in [1.54, 1.807) is 31.2 Å². The molecule has 0 atom stereocenters. The molecule has 4 N–H and O–H groups in total. The molecule has 0 unspecified atom stereocenters. The fourth-order valence-electron chi connectivity index (χ4n) is 2.31. The first-order valence-corrected chi connectivity index (χ1v) is 8.02. The molecule has 124 valence electrons. The van der Waals surface area contributed by atoms with E-state index in [0.717, 1.165) is 11.8 Å². The van der Waals surface area contributed by atoms with Crippen molar-refractivity contribution in [3.8, 4) is 23.3 Å². The molecular weight excluding hydrogens is 330 g/mol. The van der Waals surface area contributed by atoms with Gasteiger partial charge in [0.15, 0.2) is 11.0 Å². The van der Waals surface area contributed by atoms with E-state index in [1.807, 2.05) is 6.07 Å². The molecule has 24 heavy (non-hydrogen) atoms. The largest absolute Gasteiger partial charge is 0.494 e. The molecule has 2 aromatic heterocycles. The van der Waals surface area contributed by atoms with Crippen molar-refractivity contribution in [1.82, 2.24) is 14.5 Å². The van der Waals surface area contributed by atoms with Gasteiger partial charge in [0, 0.05) is 6.07 Å². The van der Waals surface area contributed by atoms with Gasteiger partial charge in [-0.1, -0.05) is 25.1 Å². The molecule has 0 radical (unpaired) electrons. The van der Waals surface area contributed by atoms with E-state index in [2.05, 4.69) is 9.97 Å². The number of benzene rings is 1. The Kier molecular flexibility index (Phi) is 4.22. The summed E-state index contributed by atoms with van der Waals surface area (Å²) in [5.74, 6) is -0.682. The van der Waals surface area contributed by atoms with Crippen molar-refractivity contribution < 1.29 is 15.3 Å². The zero-order valence-electron chi connectivity index (χ0n) is 12.7. The molecule has 0 amide bonds. The van der Waals surface area contributed by atoms with Crippen molar-refractivity contribution >= 4 is 11.8 Å². The van der Waals surface area contributed by atoms with E-state index < -0.39 is 5.56 Å². The first-order valence-electron chi connectivity index (χ1n) is 7.20. The lowest BCUT2D eigenvalue weighted by Crippen LogP contribution is -2.14. The highest BCUT2D eigenvalue weighted by Crippen LogP contribution is 2.40. The van der Waals surface area contributed by atoms with Gasteiger partial charge in [0.1, 0.15) is 0 Å². The van der Waals surface area contributed by atoms with Crippen LogP contribution in [0.15, 0.2) is 51.2 Å². The summed E-state index contributed by atoms with van der Waals surface area (Å²) in [5, 5.41) is 30.4. The highest BCUT2D eigenvalue weighted by molar-refractivity contribution is 7.99. The highest BCUT2D eigenvalue weighted by Gasteiger charge is 2.18. The third-order valence-corrected chi connectivity index (χ3v) is 4.38. The number of H-pyrrole nitrogens is 1. The molecule has 0 aliphatic rings. The summed E-state index contributed by atoms with van der Waals surface area (Å²) in [7, 11) is 0. The number of nitrogens with one attached hydrogen (secondary N) is 1. The van der Waals surface area contributed by atoms with Crippen molar-refractivity contribution in [3.63, 3.8) is 0 Å². The summed E-state index contributed by atoms with van der Waals surface area (Å²) < 4.78 is 1.26. The van der Waals surface area contributed by atoms with Crippen LogP contribution < -0.4 is 5.56 Å². The molecule has 7 nitrogen and oxygen atoms in total. The lowest BCUT2D eigenvalue weighted by atomic mass is 10.2. The second kappa shape index (κ2) is 6.32. The predicted molar refractivity (Wildman–Crippen MR) is 89.1 cm³/mol. The van der Waals surface area contributed by atoms with E-state index in [0.29, 0.717) is 17.0 Å². The lowest BCUT2D eigenvalue weighted by Gasteiger charge is -2.07.